The van der Waals surface area contributed by atoms with Crippen molar-refractivity contribution in [3.8, 4) is 11.4 Å². The average Bonchev–Trinajstić information content (AvgIpc) is 3.11. The van der Waals surface area contributed by atoms with Gasteiger partial charge in [-0.1, -0.05) is 18.2 Å². The first-order chi connectivity index (χ1) is 13.7. The number of nitrogens with one attached hydrogen (secondary N) is 1. The Labute approximate surface area is 162 Å². The number of carbonyl (C=O) groups excluding carboxylic acids is 1. The Morgan fingerprint density at radius 2 is 2.11 bits per heavy atom. The SMILES string of the molecule is O=C(C=Cc1cnn(-c2ccccc2)c1)NC1CCCOc2ccc(F)cc21. The van der Waals surface area contributed by atoms with Gasteiger partial charge in [0.05, 0.1) is 24.5 Å². The highest BCUT2D eigenvalue weighted by Gasteiger charge is 2.21. The summed E-state index contributed by atoms with van der Waals surface area (Å²) >= 11 is 0. The summed E-state index contributed by atoms with van der Waals surface area (Å²) < 4.78 is 21.0. The summed E-state index contributed by atoms with van der Waals surface area (Å²) in [5, 5.41) is 7.26. The molecule has 0 spiro atoms. The van der Waals surface area contributed by atoms with E-state index in [0.29, 0.717) is 24.3 Å². The van der Waals surface area contributed by atoms with E-state index in [1.165, 1.54) is 18.2 Å². The topological polar surface area (TPSA) is 56.2 Å². The predicted octanol–water partition coefficient (Wildman–Crippen LogP) is 4.05. The molecule has 0 bridgehead atoms. The fourth-order valence-electron chi connectivity index (χ4n) is 3.23. The van der Waals surface area contributed by atoms with Crippen LogP contribution in [0.25, 0.3) is 11.8 Å². The van der Waals surface area contributed by atoms with Crippen molar-refractivity contribution < 1.29 is 13.9 Å². The van der Waals surface area contributed by atoms with Crippen molar-refractivity contribution in [3.63, 3.8) is 0 Å². The molecule has 1 aliphatic heterocycles. The summed E-state index contributed by atoms with van der Waals surface area (Å²) in [5.41, 5.74) is 2.44. The van der Waals surface area contributed by atoms with Crippen LogP contribution in [0.2, 0.25) is 0 Å². The molecule has 0 fully saturated rings. The quantitative estimate of drug-likeness (QED) is 0.698. The Balaban J connectivity index is 1.45. The third-order valence-corrected chi connectivity index (χ3v) is 4.61. The molecule has 28 heavy (non-hydrogen) atoms. The van der Waals surface area contributed by atoms with Gasteiger partial charge >= 0.3 is 0 Å². The maximum atomic E-state index is 13.7. The monoisotopic (exact) mass is 377 g/mol. The van der Waals surface area contributed by atoms with Gasteiger partial charge in [-0.15, -0.1) is 0 Å². The van der Waals surface area contributed by atoms with Gasteiger partial charge in [0.1, 0.15) is 11.6 Å². The van der Waals surface area contributed by atoms with E-state index in [1.807, 2.05) is 36.5 Å². The van der Waals surface area contributed by atoms with E-state index < -0.39 is 0 Å². The number of para-hydroxylation sites is 1. The van der Waals surface area contributed by atoms with Gasteiger partial charge in [-0.3, -0.25) is 4.79 Å². The highest BCUT2D eigenvalue weighted by molar-refractivity contribution is 5.92. The zero-order valence-corrected chi connectivity index (χ0v) is 15.2. The zero-order chi connectivity index (χ0) is 19.3. The van der Waals surface area contributed by atoms with Crippen molar-refractivity contribution in [1.29, 1.82) is 0 Å². The lowest BCUT2D eigenvalue weighted by Crippen LogP contribution is -2.26. The number of carbonyl (C=O) groups is 1. The molecule has 5 nitrogen and oxygen atoms in total. The van der Waals surface area contributed by atoms with Crippen LogP contribution in [0.4, 0.5) is 4.39 Å². The van der Waals surface area contributed by atoms with E-state index in [1.54, 1.807) is 23.0 Å². The summed E-state index contributed by atoms with van der Waals surface area (Å²) in [4.78, 5) is 12.4. The summed E-state index contributed by atoms with van der Waals surface area (Å²) in [6.45, 7) is 0.555. The minimum atomic E-state index is -0.340. The first-order valence-corrected chi connectivity index (χ1v) is 9.20. The number of hydrogen-bond donors (Lipinski definition) is 1. The van der Waals surface area contributed by atoms with Crippen LogP contribution in [0.5, 0.6) is 5.75 Å². The van der Waals surface area contributed by atoms with Gasteiger partial charge in [0.2, 0.25) is 5.91 Å². The second-order valence-corrected chi connectivity index (χ2v) is 6.62. The number of ether oxygens (including phenoxy) is 1. The van der Waals surface area contributed by atoms with E-state index in [4.69, 9.17) is 4.74 Å². The van der Waals surface area contributed by atoms with Crippen LogP contribution in [0.1, 0.15) is 30.0 Å². The van der Waals surface area contributed by atoms with E-state index in [2.05, 4.69) is 10.4 Å². The van der Waals surface area contributed by atoms with Crippen molar-refractivity contribution in [1.82, 2.24) is 15.1 Å². The fourth-order valence-corrected chi connectivity index (χ4v) is 3.23. The van der Waals surface area contributed by atoms with Crippen LogP contribution in [-0.4, -0.2) is 22.3 Å². The molecular formula is C22H20FN3O2. The molecule has 4 rings (SSSR count). The Kier molecular flexibility index (Phi) is 5.19. The molecule has 1 amide bonds. The molecule has 0 radical (unpaired) electrons. The number of aromatic nitrogens is 2. The number of fused-ring (bicyclic) bond motifs is 1. The van der Waals surface area contributed by atoms with Crippen LogP contribution in [-0.2, 0) is 4.79 Å². The van der Waals surface area contributed by atoms with Crippen LogP contribution in [0, 0.1) is 5.82 Å². The van der Waals surface area contributed by atoms with Gasteiger partial charge in [0, 0.05) is 23.4 Å². The maximum Gasteiger partial charge on any atom is 0.244 e. The number of benzene rings is 2. The first kappa shape index (κ1) is 18.0. The second-order valence-electron chi connectivity index (χ2n) is 6.62. The highest BCUT2D eigenvalue weighted by atomic mass is 19.1. The lowest BCUT2D eigenvalue weighted by molar-refractivity contribution is -0.117. The van der Waals surface area contributed by atoms with Crippen LogP contribution in [0.15, 0.2) is 67.0 Å². The second kappa shape index (κ2) is 8.08. The van der Waals surface area contributed by atoms with Gasteiger partial charge in [0.25, 0.3) is 0 Å². The van der Waals surface area contributed by atoms with Gasteiger partial charge in [-0.25, -0.2) is 9.07 Å². The molecule has 1 atom stereocenters. The molecule has 1 N–H and O–H groups in total. The van der Waals surface area contributed by atoms with Crippen molar-refractivity contribution >= 4 is 12.0 Å². The molecule has 0 saturated heterocycles. The van der Waals surface area contributed by atoms with Crippen molar-refractivity contribution in [3.05, 3.63) is 83.9 Å². The number of hydrogen-bond acceptors (Lipinski definition) is 3. The van der Waals surface area contributed by atoms with Gasteiger partial charge in [0.15, 0.2) is 0 Å². The molecule has 1 aliphatic rings. The third-order valence-electron chi connectivity index (χ3n) is 4.61. The number of amides is 1. The van der Waals surface area contributed by atoms with Crippen LogP contribution >= 0.6 is 0 Å². The van der Waals surface area contributed by atoms with Gasteiger partial charge in [-0.2, -0.15) is 5.10 Å². The fraction of sp³-hybridized carbons (Fsp3) is 0.182. The molecule has 3 aromatic rings. The molecule has 0 aliphatic carbocycles. The first-order valence-electron chi connectivity index (χ1n) is 9.20. The lowest BCUT2D eigenvalue weighted by atomic mass is 10.0. The molecule has 1 unspecified atom stereocenters. The number of nitrogens with zero attached hydrogens (tertiary/aromatic N) is 2. The van der Waals surface area contributed by atoms with Crippen LogP contribution in [0.3, 0.4) is 0 Å². The number of halogens is 1. The molecule has 2 aromatic carbocycles. The predicted molar refractivity (Wildman–Crippen MR) is 105 cm³/mol. The smallest absolute Gasteiger partial charge is 0.244 e. The van der Waals surface area contributed by atoms with E-state index in [9.17, 15) is 9.18 Å². The standard InChI is InChI=1S/C22H20FN3O2/c23-17-9-10-21-19(13-17)20(7-4-12-28-21)25-22(27)11-8-16-14-24-26(15-16)18-5-2-1-3-6-18/h1-3,5-6,8-11,13-15,20H,4,7,12H2,(H,25,27). The summed E-state index contributed by atoms with van der Waals surface area (Å²) in [6, 6.07) is 13.9. The maximum absolute atomic E-state index is 13.7. The molecule has 1 aromatic heterocycles. The Bertz CT molecular complexity index is 998. The van der Waals surface area contributed by atoms with Crippen LogP contribution < -0.4 is 10.1 Å². The molecule has 142 valence electrons. The molecule has 6 heteroatoms. The highest BCUT2D eigenvalue weighted by Crippen LogP contribution is 2.32. The Morgan fingerprint density at radius 1 is 1.25 bits per heavy atom. The molecule has 2 heterocycles. The largest absolute Gasteiger partial charge is 0.493 e. The van der Waals surface area contributed by atoms with E-state index in [0.717, 1.165) is 17.7 Å². The van der Waals surface area contributed by atoms with Crippen molar-refractivity contribution in [2.24, 2.45) is 0 Å². The van der Waals surface area contributed by atoms with Crippen molar-refractivity contribution in [2.75, 3.05) is 6.61 Å². The van der Waals surface area contributed by atoms with E-state index in [-0.39, 0.29) is 17.8 Å². The minimum absolute atomic E-state index is 0.241. The number of rotatable bonds is 4. The zero-order valence-electron chi connectivity index (χ0n) is 15.2. The minimum Gasteiger partial charge on any atom is -0.493 e. The Hall–Kier alpha value is -3.41. The summed E-state index contributed by atoms with van der Waals surface area (Å²) in [6.07, 6.45) is 8.21. The third kappa shape index (κ3) is 4.11. The molecular weight excluding hydrogens is 357 g/mol. The summed E-state index contributed by atoms with van der Waals surface area (Å²) in [7, 11) is 0. The van der Waals surface area contributed by atoms with Gasteiger partial charge < -0.3 is 10.1 Å². The normalized spacial score (nSPS) is 16.2. The average molecular weight is 377 g/mol. The van der Waals surface area contributed by atoms with Gasteiger partial charge in [-0.05, 0) is 49.2 Å². The van der Waals surface area contributed by atoms with E-state index >= 15 is 0 Å². The van der Waals surface area contributed by atoms with Crippen molar-refractivity contribution in [2.45, 2.75) is 18.9 Å². The lowest BCUT2D eigenvalue weighted by Gasteiger charge is -2.17. The Morgan fingerprint density at radius 3 is 2.96 bits per heavy atom. The molecule has 0 saturated carbocycles. The summed E-state index contributed by atoms with van der Waals surface area (Å²) in [5.74, 6) is 0.0410.